The number of hydrogen-bond donors (Lipinski definition) is 2. The van der Waals surface area contributed by atoms with Crippen LogP contribution in [0.2, 0.25) is 0 Å². The van der Waals surface area contributed by atoms with Crippen molar-refractivity contribution in [3.8, 4) is 5.75 Å². The number of hydrogen-bond acceptors (Lipinski definition) is 4. The summed E-state index contributed by atoms with van der Waals surface area (Å²) in [4.78, 5) is 3.93. The first-order valence-corrected chi connectivity index (χ1v) is 5.44. The smallest absolute Gasteiger partial charge is 0.401 e. The van der Waals surface area contributed by atoms with E-state index in [9.17, 15) is 13.2 Å². The fourth-order valence-corrected chi connectivity index (χ4v) is 1.27. The van der Waals surface area contributed by atoms with Gasteiger partial charge in [-0.2, -0.15) is 13.2 Å². The second-order valence-corrected chi connectivity index (χ2v) is 4.02. The lowest BCUT2D eigenvalue weighted by Crippen LogP contribution is -2.41. The van der Waals surface area contributed by atoms with E-state index in [1.807, 2.05) is 6.92 Å². The van der Waals surface area contributed by atoms with Crippen molar-refractivity contribution < 1.29 is 17.9 Å². The largest absolute Gasteiger partial charge is 0.490 e. The summed E-state index contributed by atoms with van der Waals surface area (Å²) in [5, 5.41) is 2.23. The van der Waals surface area contributed by atoms with E-state index in [0.29, 0.717) is 5.75 Å². The Morgan fingerprint density at radius 3 is 2.78 bits per heavy atom. The fraction of sp³-hybridized carbons (Fsp3) is 0.545. The third-order valence-electron chi connectivity index (χ3n) is 2.05. The number of nitrogens with zero attached hydrogens (tertiary/aromatic N) is 1. The minimum atomic E-state index is -4.22. The van der Waals surface area contributed by atoms with Crippen LogP contribution in [0.1, 0.15) is 5.56 Å². The lowest BCUT2D eigenvalue weighted by molar-refractivity contribution is -0.124. The average Bonchev–Trinajstić information content (AvgIpc) is 2.25. The monoisotopic (exact) mass is 263 g/mol. The van der Waals surface area contributed by atoms with Crippen molar-refractivity contribution in [2.45, 2.75) is 19.1 Å². The van der Waals surface area contributed by atoms with Crippen LogP contribution >= 0.6 is 0 Å². The number of aryl methyl sites for hydroxylation is 1. The number of rotatable bonds is 6. The molecular formula is C11H16F3N3O. The summed E-state index contributed by atoms with van der Waals surface area (Å²) in [5.41, 5.74) is 6.55. The first-order valence-electron chi connectivity index (χ1n) is 5.44. The Labute approximate surface area is 103 Å². The highest BCUT2D eigenvalue weighted by Gasteiger charge is 2.26. The second kappa shape index (κ2) is 6.55. The van der Waals surface area contributed by atoms with Crippen molar-refractivity contribution in [2.24, 2.45) is 5.73 Å². The van der Waals surface area contributed by atoms with E-state index < -0.39 is 18.8 Å². The SMILES string of the molecule is Cc1cncc(OCC(N)CNCC(F)(F)F)c1. The number of nitrogens with two attached hydrogens (primary N) is 1. The van der Waals surface area contributed by atoms with Gasteiger partial charge in [0.05, 0.1) is 18.8 Å². The van der Waals surface area contributed by atoms with Gasteiger partial charge in [-0.05, 0) is 18.6 Å². The normalized spacial score (nSPS) is 13.4. The van der Waals surface area contributed by atoms with Gasteiger partial charge >= 0.3 is 6.18 Å². The number of alkyl halides is 3. The summed E-state index contributed by atoms with van der Waals surface area (Å²) < 4.78 is 40.9. The molecule has 7 heteroatoms. The summed E-state index contributed by atoms with van der Waals surface area (Å²) in [7, 11) is 0. The van der Waals surface area contributed by atoms with Gasteiger partial charge in [0.15, 0.2) is 0 Å². The molecule has 0 saturated heterocycles. The summed E-state index contributed by atoms with van der Waals surface area (Å²) >= 11 is 0. The molecule has 0 spiro atoms. The molecule has 3 N–H and O–H groups in total. The van der Waals surface area contributed by atoms with Crippen molar-refractivity contribution in [1.29, 1.82) is 0 Å². The van der Waals surface area contributed by atoms with Gasteiger partial charge in [-0.1, -0.05) is 0 Å². The predicted octanol–water partition coefficient (Wildman–Crippen LogP) is 1.25. The number of nitrogens with one attached hydrogen (secondary N) is 1. The molecule has 102 valence electrons. The molecule has 0 aliphatic heterocycles. The summed E-state index contributed by atoms with van der Waals surface area (Å²) in [6.45, 7) is 0.992. The maximum absolute atomic E-state index is 11.9. The van der Waals surface area contributed by atoms with Gasteiger partial charge in [-0.15, -0.1) is 0 Å². The van der Waals surface area contributed by atoms with Gasteiger partial charge in [0.25, 0.3) is 0 Å². The van der Waals surface area contributed by atoms with E-state index in [2.05, 4.69) is 10.3 Å². The van der Waals surface area contributed by atoms with Crippen molar-refractivity contribution >= 4 is 0 Å². The van der Waals surface area contributed by atoms with E-state index in [1.54, 1.807) is 12.3 Å². The van der Waals surface area contributed by atoms with Crippen LogP contribution in [0.4, 0.5) is 13.2 Å². The van der Waals surface area contributed by atoms with Gasteiger partial charge < -0.3 is 15.8 Å². The Morgan fingerprint density at radius 1 is 1.44 bits per heavy atom. The van der Waals surface area contributed by atoms with Crippen molar-refractivity contribution in [3.05, 3.63) is 24.0 Å². The van der Waals surface area contributed by atoms with Crippen LogP contribution in [0.3, 0.4) is 0 Å². The maximum atomic E-state index is 11.9. The van der Waals surface area contributed by atoms with Crippen LogP contribution in [0, 0.1) is 6.92 Å². The van der Waals surface area contributed by atoms with E-state index in [-0.39, 0.29) is 13.2 Å². The van der Waals surface area contributed by atoms with Crippen molar-refractivity contribution in [1.82, 2.24) is 10.3 Å². The second-order valence-electron chi connectivity index (χ2n) is 4.02. The van der Waals surface area contributed by atoms with Crippen LogP contribution in [0.25, 0.3) is 0 Å². The Bertz CT molecular complexity index is 371. The average molecular weight is 263 g/mol. The van der Waals surface area contributed by atoms with E-state index >= 15 is 0 Å². The molecule has 0 saturated carbocycles. The van der Waals surface area contributed by atoms with Crippen LogP contribution < -0.4 is 15.8 Å². The van der Waals surface area contributed by atoms with Crippen LogP contribution in [0.5, 0.6) is 5.75 Å². The third kappa shape index (κ3) is 6.41. The molecule has 0 aliphatic carbocycles. The zero-order valence-corrected chi connectivity index (χ0v) is 10.00. The third-order valence-corrected chi connectivity index (χ3v) is 2.05. The molecule has 18 heavy (non-hydrogen) atoms. The molecule has 1 aromatic rings. The van der Waals surface area contributed by atoms with Gasteiger partial charge in [0.2, 0.25) is 0 Å². The highest BCUT2D eigenvalue weighted by atomic mass is 19.4. The Balaban J connectivity index is 2.23. The quantitative estimate of drug-likeness (QED) is 0.811. The summed E-state index contributed by atoms with van der Waals surface area (Å²) in [5.74, 6) is 0.557. The molecule has 1 unspecified atom stereocenters. The lowest BCUT2D eigenvalue weighted by Gasteiger charge is -2.15. The molecule has 1 rings (SSSR count). The molecule has 1 atom stereocenters. The minimum absolute atomic E-state index is 0.0404. The first-order chi connectivity index (χ1) is 8.37. The summed E-state index contributed by atoms with van der Waals surface area (Å²) in [6.07, 6.45) is -1.01. The molecule has 0 bridgehead atoms. The molecule has 0 aromatic carbocycles. The first kappa shape index (κ1) is 14.7. The maximum Gasteiger partial charge on any atom is 0.401 e. The number of ether oxygens (including phenoxy) is 1. The molecule has 0 radical (unpaired) electrons. The molecule has 0 aliphatic rings. The molecule has 0 fully saturated rings. The van der Waals surface area contributed by atoms with Crippen molar-refractivity contribution in [3.63, 3.8) is 0 Å². The molecule has 0 amide bonds. The Kier molecular flexibility index (Phi) is 5.36. The lowest BCUT2D eigenvalue weighted by atomic mass is 10.3. The van der Waals surface area contributed by atoms with Gasteiger partial charge in [-0.25, -0.2) is 0 Å². The molecular weight excluding hydrogens is 247 g/mol. The van der Waals surface area contributed by atoms with E-state index in [0.717, 1.165) is 5.56 Å². The number of aromatic nitrogens is 1. The topological polar surface area (TPSA) is 60.2 Å². The minimum Gasteiger partial charge on any atom is -0.490 e. The van der Waals surface area contributed by atoms with E-state index in [1.165, 1.54) is 6.20 Å². The van der Waals surface area contributed by atoms with Gasteiger partial charge in [0.1, 0.15) is 12.4 Å². The molecule has 1 heterocycles. The highest BCUT2D eigenvalue weighted by Crippen LogP contribution is 2.12. The van der Waals surface area contributed by atoms with E-state index in [4.69, 9.17) is 10.5 Å². The fourth-order valence-electron chi connectivity index (χ4n) is 1.27. The predicted molar refractivity (Wildman–Crippen MR) is 61.4 cm³/mol. The molecule has 1 aromatic heterocycles. The van der Waals surface area contributed by atoms with Crippen molar-refractivity contribution in [2.75, 3.05) is 19.7 Å². The summed E-state index contributed by atoms with van der Waals surface area (Å²) in [6, 6.07) is 1.27. The zero-order valence-electron chi connectivity index (χ0n) is 10.00. The zero-order chi connectivity index (χ0) is 13.6. The van der Waals surface area contributed by atoms with Gasteiger partial charge in [0, 0.05) is 12.7 Å². The Morgan fingerprint density at radius 2 is 2.17 bits per heavy atom. The number of pyridine rings is 1. The Hall–Kier alpha value is -1.34. The highest BCUT2D eigenvalue weighted by molar-refractivity contribution is 5.22. The number of halogens is 3. The molecule has 4 nitrogen and oxygen atoms in total. The van der Waals surface area contributed by atoms with Crippen LogP contribution in [0.15, 0.2) is 18.5 Å². The van der Waals surface area contributed by atoms with Gasteiger partial charge in [-0.3, -0.25) is 4.98 Å². The standard InChI is InChI=1S/C11H16F3N3O/c1-8-2-10(5-16-3-8)18-6-9(15)4-17-7-11(12,13)14/h2-3,5,9,17H,4,6-7,15H2,1H3. The van der Waals surface area contributed by atoms with Crippen LogP contribution in [-0.4, -0.2) is 36.9 Å². The van der Waals surface area contributed by atoms with Crippen LogP contribution in [-0.2, 0) is 0 Å².